The second-order valence-corrected chi connectivity index (χ2v) is 7.60. The van der Waals surface area contributed by atoms with Gasteiger partial charge in [0, 0.05) is 24.0 Å². The third-order valence-corrected chi connectivity index (χ3v) is 6.21. The van der Waals surface area contributed by atoms with Crippen molar-refractivity contribution in [1.29, 1.82) is 0 Å². The summed E-state index contributed by atoms with van der Waals surface area (Å²) in [6.07, 6.45) is 7.78. The van der Waals surface area contributed by atoms with E-state index in [0.29, 0.717) is 24.3 Å². The Labute approximate surface area is 129 Å². The quantitative estimate of drug-likeness (QED) is 0.708. The summed E-state index contributed by atoms with van der Waals surface area (Å²) < 4.78 is 0. The highest BCUT2D eigenvalue weighted by Crippen LogP contribution is 2.48. The zero-order valence-electron chi connectivity index (χ0n) is 13.8. The predicted molar refractivity (Wildman–Crippen MR) is 86.9 cm³/mol. The number of aliphatic hydroxyl groups is 1. The van der Waals surface area contributed by atoms with Crippen molar-refractivity contribution in [2.45, 2.75) is 70.7 Å². The second kappa shape index (κ2) is 6.02. The molecule has 120 valence electrons. The fraction of sp³-hybridized carbons (Fsp3) is 0.889. The average Bonchev–Trinajstić information content (AvgIpc) is 3.40. The Kier molecular flexibility index (Phi) is 4.45. The molecular weight excluding hydrogens is 260 g/mol. The van der Waals surface area contributed by atoms with Crippen molar-refractivity contribution in [2.24, 2.45) is 23.7 Å². The molecule has 0 aromatic heterocycles. The van der Waals surface area contributed by atoms with Crippen LogP contribution in [0.2, 0.25) is 0 Å². The fourth-order valence-electron chi connectivity index (χ4n) is 4.50. The van der Waals surface area contributed by atoms with E-state index in [1.807, 2.05) is 6.08 Å². The minimum absolute atomic E-state index is 0.178. The van der Waals surface area contributed by atoms with Crippen LogP contribution in [0.1, 0.15) is 46.5 Å². The molecule has 3 aliphatic rings. The van der Waals surface area contributed by atoms with Gasteiger partial charge in [-0.15, -0.1) is 6.58 Å². The Morgan fingerprint density at radius 1 is 1.43 bits per heavy atom. The average molecular weight is 292 g/mol. The molecule has 3 heteroatoms. The van der Waals surface area contributed by atoms with Gasteiger partial charge in [0.15, 0.2) is 0 Å². The van der Waals surface area contributed by atoms with Gasteiger partial charge in [-0.2, -0.15) is 0 Å². The molecule has 2 saturated carbocycles. The molecule has 3 nitrogen and oxygen atoms in total. The number of aliphatic hydroxyl groups excluding tert-OH is 1. The fourth-order valence-corrected chi connectivity index (χ4v) is 4.50. The smallest absolute Gasteiger partial charge is 0.0634 e. The summed E-state index contributed by atoms with van der Waals surface area (Å²) in [5.74, 6) is 2.76. The van der Waals surface area contributed by atoms with Gasteiger partial charge in [-0.3, -0.25) is 10.2 Å². The lowest BCUT2D eigenvalue weighted by atomic mass is 9.95. The first-order chi connectivity index (χ1) is 10.1. The molecule has 2 N–H and O–H groups in total. The van der Waals surface area contributed by atoms with Crippen LogP contribution in [0.4, 0.5) is 0 Å². The Bertz CT molecular complexity index is 381. The number of hydrogen-bond donors (Lipinski definition) is 2. The summed E-state index contributed by atoms with van der Waals surface area (Å²) in [4.78, 5) is 2.70. The highest BCUT2D eigenvalue weighted by molar-refractivity contribution is 5.09. The maximum absolute atomic E-state index is 9.67. The number of rotatable bonds is 7. The summed E-state index contributed by atoms with van der Waals surface area (Å²) in [7, 11) is 0. The van der Waals surface area contributed by atoms with Gasteiger partial charge in [0.1, 0.15) is 0 Å². The Balaban J connectivity index is 1.81. The van der Waals surface area contributed by atoms with Crippen LogP contribution in [0.15, 0.2) is 12.7 Å². The summed E-state index contributed by atoms with van der Waals surface area (Å²) in [6, 6.07) is 1.64. The van der Waals surface area contributed by atoms with Gasteiger partial charge >= 0.3 is 0 Å². The third kappa shape index (κ3) is 2.80. The van der Waals surface area contributed by atoms with Crippen LogP contribution in [-0.4, -0.2) is 40.9 Å². The van der Waals surface area contributed by atoms with E-state index in [2.05, 4.69) is 37.6 Å². The van der Waals surface area contributed by atoms with Gasteiger partial charge in [0.2, 0.25) is 0 Å². The van der Waals surface area contributed by atoms with Gasteiger partial charge in [0.05, 0.1) is 12.8 Å². The Hall–Kier alpha value is -0.380. The maximum atomic E-state index is 9.67. The summed E-state index contributed by atoms with van der Waals surface area (Å²) >= 11 is 0. The van der Waals surface area contributed by atoms with Gasteiger partial charge in [-0.05, 0) is 50.4 Å². The summed E-state index contributed by atoms with van der Waals surface area (Å²) in [6.45, 7) is 11.1. The second-order valence-electron chi connectivity index (χ2n) is 7.60. The normalized spacial score (nSPS) is 42.8. The topological polar surface area (TPSA) is 35.5 Å². The lowest BCUT2D eigenvalue weighted by Gasteiger charge is -2.38. The van der Waals surface area contributed by atoms with Crippen LogP contribution >= 0.6 is 0 Å². The molecule has 0 bridgehead atoms. The van der Waals surface area contributed by atoms with Gasteiger partial charge in [-0.1, -0.05) is 19.9 Å². The van der Waals surface area contributed by atoms with Crippen LogP contribution in [0, 0.1) is 23.7 Å². The van der Waals surface area contributed by atoms with Gasteiger partial charge in [-0.25, -0.2) is 0 Å². The lowest BCUT2D eigenvalue weighted by Crippen LogP contribution is -2.49. The minimum atomic E-state index is 0.178. The van der Waals surface area contributed by atoms with E-state index in [1.54, 1.807) is 0 Å². The molecule has 2 aliphatic carbocycles. The highest BCUT2D eigenvalue weighted by Gasteiger charge is 2.54. The molecule has 0 radical (unpaired) electrons. The molecule has 7 unspecified atom stereocenters. The molecule has 0 spiro atoms. The number of hydrogen-bond acceptors (Lipinski definition) is 3. The third-order valence-electron chi connectivity index (χ3n) is 6.21. The molecule has 1 saturated heterocycles. The largest absolute Gasteiger partial charge is 0.396 e. The van der Waals surface area contributed by atoms with Crippen LogP contribution in [-0.2, 0) is 0 Å². The van der Waals surface area contributed by atoms with Gasteiger partial charge < -0.3 is 5.11 Å². The van der Waals surface area contributed by atoms with Crippen LogP contribution in [0.25, 0.3) is 0 Å². The molecule has 1 aliphatic heterocycles. The molecule has 7 atom stereocenters. The molecule has 1 heterocycles. The molecule has 3 rings (SSSR count). The van der Waals surface area contributed by atoms with E-state index in [-0.39, 0.29) is 12.5 Å². The zero-order valence-corrected chi connectivity index (χ0v) is 13.8. The first-order valence-electron chi connectivity index (χ1n) is 8.89. The highest BCUT2D eigenvalue weighted by atomic mass is 16.3. The van der Waals surface area contributed by atoms with E-state index in [0.717, 1.165) is 17.8 Å². The SMILES string of the molecule is C=CC(CO)C(C)N1C(CC)C(C2CC2C)NC1C1CC1. The van der Waals surface area contributed by atoms with Gasteiger partial charge in [0.25, 0.3) is 0 Å². The standard InChI is InChI=1S/C18H32N2O/c1-5-13(10-21)12(4)20-16(6-2)17(15-9-11(15)3)19-18(20)14-7-8-14/h5,11-19,21H,1,6-10H2,2-4H3. The Morgan fingerprint density at radius 3 is 2.52 bits per heavy atom. The van der Waals surface area contributed by atoms with E-state index >= 15 is 0 Å². The lowest BCUT2D eigenvalue weighted by molar-refractivity contribution is 0.0693. The molecule has 3 fully saturated rings. The van der Waals surface area contributed by atoms with Crippen molar-refractivity contribution in [3.05, 3.63) is 12.7 Å². The number of nitrogens with one attached hydrogen (secondary N) is 1. The van der Waals surface area contributed by atoms with Crippen molar-refractivity contribution in [3.8, 4) is 0 Å². The van der Waals surface area contributed by atoms with E-state index in [9.17, 15) is 5.11 Å². The van der Waals surface area contributed by atoms with Crippen LogP contribution in [0.3, 0.4) is 0 Å². The molecule has 0 aromatic rings. The molecule has 21 heavy (non-hydrogen) atoms. The first-order valence-corrected chi connectivity index (χ1v) is 8.89. The Morgan fingerprint density at radius 2 is 2.10 bits per heavy atom. The summed E-state index contributed by atoms with van der Waals surface area (Å²) in [5.41, 5.74) is 0. The van der Waals surface area contributed by atoms with Crippen molar-refractivity contribution in [3.63, 3.8) is 0 Å². The van der Waals surface area contributed by atoms with Crippen molar-refractivity contribution in [2.75, 3.05) is 6.61 Å². The van der Waals surface area contributed by atoms with E-state index in [4.69, 9.17) is 0 Å². The molecule has 0 amide bonds. The predicted octanol–water partition coefficient (Wildman–Crippen LogP) is 2.61. The van der Waals surface area contributed by atoms with Crippen LogP contribution < -0.4 is 5.32 Å². The summed E-state index contributed by atoms with van der Waals surface area (Å²) in [5, 5.41) is 13.7. The van der Waals surface area contributed by atoms with Crippen molar-refractivity contribution >= 4 is 0 Å². The zero-order chi connectivity index (χ0) is 15.1. The van der Waals surface area contributed by atoms with E-state index < -0.39 is 0 Å². The first kappa shape index (κ1) is 15.5. The van der Waals surface area contributed by atoms with Crippen LogP contribution in [0.5, 0.6) is 0 Å². The van der Waals surface area contributed by atoms with Crippen molar-refractivity contribution < 1.29 is 5.11 Å². The minimum Gasteiger partial charge on any atom is -0.396 e. The molecule has 0 aromatic carbocycles. The molecular formula is C18H32N2O. The number of nitrogens with zero attached hydrogens (tertiary/aromatic N) is 1. The van der Waals surface area contributed by atoms with E-state index in [1.165, 1.54) is 25.7 Å². The monoisotopic (exact) mass is 292 g/mol. The maximum Gasteiger partial charge on any atom is 0.0634 e. The van der Waals surface area contributed by atoms with Crippen molar-refractivity contribution in [1.82, 2.24) is 10.2 Å².